The third kappa shape index (κ3) is 4.02. The Labute approximate surface area is 171 Å². The second kappa shape index (κ2) is 8.12. The number of tetrazole rings is 1. The first-order chi connectivity index (χ1) is 14.5. The largest absolute Gasteiger partial charge is 0.456 e. The van der Waals surface area contributed by atoms with E-state index < -0.39 is 11.6 Å². The number of hydrogen-bond donors (Lipinski definition) is 0. The minimum absolute atomic E-state index is 0.0999. The molecule has 8 heteroatoms. The van der Waals surface area contributed by atoms with E-state index in [0.717, 1.165) is 11.1 Å². The van der Waals surface area contributed by atoms with Gasteiger partial charge in [0.15, 0.2) is 11.5 Å². The fraction of sp³-hybridized carbons (Fsp3) is 0.136. The molecule has 0 saturated carbocycles. The van der Waals surface area contributed by atoms with Gasteiger partial charge in [-0.25, -0.2) is 9.59 Å². The van der Waals surface area contributed by atoms with Gasteiger partial charge in [0.25, 0.3) is 0 Å². The molecule has 0 aliphatic rings. The Bertz CT molecular complexity index is 1310. The number of benzene rings is 2. The zero-order valence-electron chi connectivity index (χ0n) is 16.4. The molecule has 4 aromatic rings. The van der Waals surface area contributed by atoms with E-state index in [2.05, 4.69) is 15.5 Å². The summed E-state index contributed by atoms with van der Waals surface area (Å²) < 4.78 is 12.1. The third-order valence-electron chi connectivity index (χ3n) is 4.51. The van der Waals surface area contributed by atoms with Crippen molar-refractivity contribution in [3.63, 3.8) is 0 Å². The highest BCUT2D eigenvalue weighted by Crippen LogP contribution is 2.20. The Morgan fingerprint density at radius 1 is 1.13 bits per heavy atom. The number of hydrogen-bond acceptors (Lipinski definition) is 7. The fourth-order valence-corrected chi connectivity index (χ4v) is 3.04. The van der Waals surface area contributed by atoms with Crippen LogP contribution >= 0.6 is 0 Å². The summed E-state index contributed by atoms with van der Waals surface area (Å²) in [5.74, 6) is -0.182. The quantitative estimate of drug-likeness (QED) is 0.287. The molecule has 2 aromatic carbocycles. The van der Waals surface area contributed by atoms with Crippen molar-refractivity contribution in [3.8, 4) is 0 Å². The first-order valence-electron chi connectivity index (χ1n) is 9.24. The van der Waals surface area contributed by atoms with E-state index in [1.54, 1.807) is 19.1 Å². The van der Waals surface area contributed by atoms with Gasteiger partial charge in [-0.3, -0.25) is 0 Å². The molecule has 0 aliphatic carbocycles. The molecule has 0 radical (unpaired) electrons. The minimum atomic E-state index is -0.622. The second-order valence-corrected chi connectivity index (χ2v) is 6.74. The SMILES string of the molecule is Cc1ccc2c(COC(=O)/C(=C/c3ccccc3)n3nnnc3C)cc(=O)oc2c1. The van der Waals surface area contributed by atoms with Crippen LogP contribution in [0, 0.1) is 13.8 Å². The number of aromatic nitrogens is 4. The molecule has 30 heavy (non-hydrogen) atoms. The number of fused-ring (bicyclic) bond motifs is 1. The lowest BCUT2D eigenvalue weighted by molar-refractivity contribution is -0.138. The molecule has 0 bridgehead atoms. The average molecular weight is 402 g/mol. The lowest BCUT2D eigenvalue weighted by Crippen LogP contribution is -2.15. The smallest absolute Gasteiger partial charge is 0.357 e. The lowest BCUT2D eigenvalue weighted by atomic mass is 10.1. The average Bonchev–Trinajstić information content (AvgIpc) is 3.15. The predicted molar refractivity (Wildman–Crippen MR) is 110 cm³/mol. The Balaban J connectivity index is 1.66. The predicted octanol–water partition coefficient (Wildman–Crippen LogP) is 3.14. The van der Waals surface area contributed by atoms with Crippen LogP contribution < -0.4 is 5.63 Å². The van der Waals surface area contributed by atoms with Crippen molar-refractivity contribution >= 4 is 28.7 Å². The molecule has 2 heterocycles. The van der Waals surface area contributed by atoms with Gasteiger partial charge in [-0.15, -0.1) is 5.10 Å². The maximum Gasteiger partial charge on any atom is 0.357 e. The zero-order valence-corrected chi connectivity index (χ0v) is 16.4. The van der Waals surface area contributed by atoms with Crippen LogP contribution in [0.15, 0.2) is 63.8 Å². The molecular weight excluding hydrogens is 384 g/mol. The Morgan fingerprint density at radius 2 is 1.93 bits per heavy atom. The van der Waals surface area contributed by atoms with Crippen molar-refractivity contribution in [2.75, 3.05) is 0 Å². The van der Waals surface area contributed by atoms with Crippen LogP contribution in [-0.2, 0) is 16.1 Å². The van der Waals surface area contributed by atoms with Crippen LogP contribution in [0.5, 0.6) is 0 Å². The van der Waals surface area contributed by atoms with Gasteiger partial charge in [-0.05, 0) is 47.5 Å². The first-order valence-corrected chi connectivity index (χ1v) is 9.24. The summed E-state index contributed by atoms with van der Waals surface area (Å²) in [6.07, 6.45) is 1.65. The molecule has 0 saturated heterocycles. The summed E-state index contributed by atoms with van der Waals surface area (Å²) in [4.78, 5) is 24.9. The molecule has 0 unspecified atom stereocenters. The molecule has 0 aliphatic heterocycles. The van der Waals surface area contributed by atoms with Gasteiger partial charge >= 0.3 is 11.6 Å². The first kappa shape index (κ1) is 19.3. The summed E-state index contributed by atoms with van der Waals surface area (Å²) in [7, 11) is 0. The summed E-state index contributed by atoms with van der Waals surface area (Å²) >= 11 is 0. The van der Waals surface area contributed by atoms with Crippen LogP contribution in [0.1, 0.15) is 22.5 Å². The van der Waals surface area contributed by atoms with Crippen molar-refractivity contribution < 1.29 is 13.9 Å². The number of aryl methyl sites for hydroxylation is 2. The number of rotatable bonds is 5. The van der Waals surface area contributed by atoms with Crippen LogP contribution in [0.3, 0.4) is 0 Å². The number of carbonyl (C=O) groups excluding carboxylic acids is 1. The van der Waals surface area contributed by atoms with Gasteiger partial charge in [0, 0.05) is 17.0 Å². The van der Waals surface area contributed by atoms with Crippen molar-refractivity contribution in [1.82, 2.24) is 20.2 Å². The highest BCUT2D eigenvalue weighted by Gasteiger charge is 2.18. The molecule has 0 spiro atoms. The van der Waals surface area contributed by atoms with E-state index in [9.17, 15) is 9.59 Å². The van der Waals surface area contributed by atoms with E-state index in [1.807, 2.05) is 49.4 Å². The summed E-state index contributed by atoms with van der Waals surface area (Å²) in [5, 5.41) is 12.0. The van der Waals surface area contributed by atoms with Crippen molar-refractivity contribution in [3.05, 3.63) is 87.5 Å². The minimum Gasteiger partial charge on any atom is -0.456 e. The summed E-state index contributed by atoms with van der Waals surface area (Å²) in [6, 6.07) is 16.1. The number of esters is 1. The monoisotopic (exact) mass is 402 g/mol. The van der Waals surface area contributed by atoms with Crippen molar-refractivity contribution in [1.29, 1.82) is 0 Å². The summed E-state index contributed by atoms with van der Waals surface area (Å²) in [5.41, 5.74) is 2.41. The molecule has 0 atom stereocenters. The van der Waals surface area contributed by atoms with Crippen molar-refractivity contribution in [2.45, 2.75) is 20.5 Å². The van der Waals surface area contributed by atoms with Crippen LogP contribution in [0.2, 0.25) is 0 Å². The number of ether oxygens (including phenoxy) is 1. The Morgan fingerprint density at radius 3 is 2.67 bits per heavy atom. The van der Waals surface area contributed by atoms with E-state index in [0.29, 0.717) is 22.4 Å². The van der Waals surface area contributed by atoms with Gasteiger partial charge in [-0.2, -0.15) is 4.68 Å². The lowest BCUT2D eigenvalue weighted by Gasteiger charge is -2.10. The topological polar surface area (TPSA) is 100 Å². The molecule has 0 fully saturated rings. The van der Waals surface area contributed by atoms with E-state index >= 15 is 0 Å². The van der Waals surface area contributed by atoms with Crippen LogP contribution in [0.4, 0.5) is 0 Å². The molecule has 0 N–H and O–H groups in total. The zero-order chi connectivity index (χ0) is 21.1. The van der Waals surface area contributed by atoms with Gasteiger partial charge in [0.2, 0.25) is 0 Å². The third-order valence-corrected chi connectivity index (χ3v) is 4.51. The van der Waals surface area contributed by atoms with E-state index in [-0.39, 0.29) is 12.3 Å². The van der Waals surface area contributed by atoms with Gasteiger partial charge in [0.1, 0.15) is 12.2 Å². The van der Waals surface area contributed by atoms with Crippen molar-refractivity contribution in [2.24, 2.45) is 0 Å². The van der Waals surface area contributed by atoms with Crippen LogP contribution in [-0.4, -0.2) is 26.2 Å². The van der Waals surface area contributed by atoms with Gasteiger partial charge < -0.3 is 9.15 Å². The fourth-order valence-electron chi connectivity index (χ4n) is 3.04. The van der Waals surface area contributed by atoms with E-state index in [1.165, 1.54) is 10.7 Å². The molecular formula is C22H18N4O4. The second-order valence-electron chi connectivity index (χ2n) is 6.74. The Hall–Kier alpha value is -4.07. The molecule has 2 aromatic heterocycles. The standard InChI is InChI=1S/C22H18N4O4/c1-14-8-9-18-17(12-21(27)30-20(18)10-14)13-29-22(28)19(26-15(2)23-24-25-26)11-16-6-4-3-5-7-16/h3-12H,13H2,1-2H3/b19-11-. The highest BCUT2D eigenvalue weighted by atomic mass is 16.5. The van der Waals surface area contributed by atoms with Crippen LogP contribution in [0.25, 0.3) is 22.7 Å². The molecule has 150 valence electrons. The van der Waals surface area contributed by atoms with Gasteiger partial charge in [0.05, 0.1) is 0 Å². The molecule has 4 rings (SSSR count). The Kier molecular flexibility index (Phi) is 5.21. The number of carbonyl (C=O) groups is 1. The van der Waals surface area contributed by atoms with E-state index in [4.69, 9.17) is 9.15 Å². The number of nitrogens with zero attached hydrogens (tertiary/aromatic N) is 4. The normalized spacial score (nSPS) is 11.6. The maximum absolute atomic E-state index is 12.9. The molecule has 0 amide bonds. The highest BCUT2D eigenvalue weighted by molar-refractivity contribution is 6.15. The van der Waals surface area contributed by atoms with Gasteiger partial charge in [-0.1, -0.05) is 42.5 Å². The summed E-state index contributed by atoms with van der Waals surface area (Å²) in [6.45, 7) is 3.49. The molecule has 8 nitrogen and oxygen atoms in total. The maximum atomic E-state index is 12.9.